The van der Waals surface area contributed by atoms with Crippen LogP contribution < -0.4 is 20.7 Å². The predicted octanol–water partition coefficient (Wildman–Crippen LogP) is 4.84. The normalized spacial score (nSPS) is 10.3. The number of rotatable bonds is 13. The van der Waals surface area contributed by atoms with Gasteiger partial charge < -0.3 is 20.7 Å². The Morgan fingerprint density at radius 1 is 0.900 bits per heavy atom. The van der Waals surface area contributed by atoms with Crippen LogP contribution in [0, 0.1) is 0 Å². The molecule has 0 atom stereocenters. The lowest BCUT2D eigenvalue weighted by molar-refractivity contribution is -0.114. The Hall–Kier alpha value is -3.02. The minimum absolute atomic E-state index is 0.108. The van der Waals surface area contributed by atoms with Gasteiger partial charge in [0.15, 0.2) is 0 Å². The van der Waals surface area contributed by atoms with Gasteiger partial charge in [0.2, 0.25) is 5.91 Å². The van der Waals surface area contributed by atoms with Gasteiger partial charge in [0, 0.05) is 29.5 Å². The minimum Gasteiger partial charge on any atom is -0.494 e. The highest BCUT2D eigenvalue weighted by Gasteiger charge is 2.06. The Morgan fingerprint density at radius 2 is 1.70 bits per heavy atom. The fraction of sp³-hybridized carbons (Fsp3) is 0.417. The van der Waals surface area contributed by atoms with E-state index in [1.807, 2.05) is 31.2 Å². The van der Waals surface area contributed by atoms with Crippen LogP contribution in [-0.4, -0.2) is 31.5 Å². The van der Waals surface area contributed by atoms with Crippen molar-refractivity contribution in [3.8, 4) is 5.75 Å². The molecule has 0 aromatic heterocycles. The van der Waals surface area contributed by atoms with Crippen molar-refractivity contribution < 1.29 is 14.3 Å². The van der Waals surface area contributed by atoms with Crippen molar-refractivity contribution in [1.29, 1.82) is 0 Å². The van der Waals surface area contributed by atoms with Crippen LogP contribution in [0.4, 0.5) is 11.4 Å². The molecule has 0 aliphatic rings. The third-order valence-corrected chi connectivity index (χ3v) is 4.52. The first-order valence-electron chi connectivity index (χ1n) is 10.8. The molecule has 0 radical (unpaired) electrons. The smallest absolute Gasteiger partial charge is 0.251 e. The summed E-state index contributed by atoms with van der Waals surface area (Å²) >= 11 is 0. The molecule has 2 aromatic rings. The predicted molar refractivity (Wildman–Crippen MR) is 122 cm³/mol. The van der Waals surface area contributed by atoms with E-state index in [4.69, 9.17) is 4.74 Å². The second-order valence-corrected chi connectivity index (χ2v) is 7.17. The zero-order valence-corrected chi connectivity index (χ0v) is 18.0. The van der Waals surface area contributed by atoms with Crippen LogP contribution in [0.5, 0.6) is 5.75 Å². The van der Waals surface area contributed by atoms with Crippen molar-refractivity contribution in [1.82, 2.24) is 5.32 Å². The fourth-order valence-electron chi connectivity index (χ4n) is 2.85. The third kappa shape index (κ3) is 8.55. The van der Waals surface area contributed by atoms with Gasteiger partial charge in [-0.3, -0.25) is 9.59 Å². The first-order valence-corrected chi connectivity index (χ1v) is 10.8. The average molecular weight is 412 g/mol. The molecule has 162 valence electrons. The standard InChI is InChI=1S/C24H33N3O3/c1-3-5-6-7-16-30-22-10-8-9-21(17-22)26-18-23(28)27-20-13-11-19(12-14-20)24(29)25-15-4-2/h8-14,17,26H,3-7,15-16,18H2,1-2H3,(H,25,29)(H,27,28). The summed E-state index contributed by atoms with van der Waals surface area (Å²) in [5, 5.41) is 8.76. The molecular weight excluding hydrogens is 378 g/mol. The van der Waals surface area contributed by atoms with Crippen molar-refractivity contribution in [3.63, 3.8) is 0 Å². The Kier molecular flexibility index (Phi) is 10.3. The quantitative estimate of drug-likeness (QED) is 0.412. The zero-order chi connectivity index (χ0) is 21.6. The number of hydrogen-bond donors (Lipinski definition) is 3. The molecule has 2 rings (SSSR count). The lowest BCUT2D eigenvalue weighted by Crippen LogP contribution is -2.24. The molecular formula is C24H33N3O3. The Balaban J connectivity index is 1.76. The molecule has 0 aliphatic heterocycles. The first-order chi connectivity index (χ1) is 14.6. The molecule has 0 aliphatic carbocycles. The molecule has 2 amide bonds. The van der Waals surface area contributed by atoms with Crippen molar-refractivity contribution in [2.45, 2.75) is 46.0 Å². The summed E-state index contributed by atoms with van der Waals surface area (Å²) < 4.78 is 5.78. The van der Waals surface area contributed by atoms with E-state index < -0.39 is 0 Å². The fourth-order valence-corrected chi connectivity index (χ4v) is 2.85. The van der Waals surface area contributed by atoms with Crippen LogP contribution in [0.1, 0.15) is 56.3 Å². The number of hydrogen-bond acceptors (Lipinski definition) is 4. The van der Waals surface area contributed by atoms with E-state index in [0.717, 1.165) is 24.3 Å². The van der Waals surface area contributed by atoms with E-state index in [9.17, 15) is 9.59 Å². The van der Waals surface area contributed by atoms with Gasteiger partial charge in [0.1, 0.15) is 5.75 Å². The third-order valence-electron chi connectivity index (χ3n) is 4.52. The monoisotopic (exact) mass is 411 g/mol. The average Bonchev–Trinajstić information content (AvgIpc) is 2.77. The molecule has 0 heterocycles. The zero-order valence-electron chi connectivity index (χ0n) is 18.0. The van der Waals surface area contributed by atoms with Gasteiger partial charge in [-0.2, -0.15) is 0 Å². The second-order valence-electron chi connectivity index (χ2n) is 7.17. The molecule has 6 nitrogen and oxygen atoms in total. The van der Waals surface area contributed by atoms with Gasteiger partial charge in [0.25, 0.3) is 5.91 Å². The first kappa shape index (κ1) is 23.3. The molecule has 6 heteroatoms. The van der Waals surface area contributed by atoms with Gasteiger partial charge in [0.05, 0.1) is 13.2 Å². The van der Waals surface area contributed by atoms with Crippen molar-refractivity contribution in [3.05, 3.63) is 54.1 Å². The summed E-state index contributed by atoms with van der Waals surface area (Å²) in [5.41, 5.74) is 2.06. The van der Waals surface area contributed by atoms with Gasteiger partial charge in [-0.15, -0.1) is 0 Å². The summed E-state index contributed by atoms with van der Waals surface area (Å²) in [6.07, 6.45) is 5.56. The highest BCUT2D eigenvalue weighted by atomic mass is 16.5. The number of carbonyl (C=O) groups is 2. The molecule has 0 spiro atoms. The van der Waals surface area contributed by atoms with Gasteiger partial charge in [-0.25, -0.2) is 0 Å². The molecule has 0 fully saturated rings. The SMILES string of the molecule is CCCCCCOc1cccc(NCC(=O)Nc2ccc(C(=O)NCCC)cc2)c1. The van der Waals surface area contributed by atoms with Crippen molar-refractivity contribution >= 4 is 23.2 Å². The number of benzene rings is 2. The summed E-state index contributed by atoms with van der Waals surface area (Å²) in [4.78, 5) is 24.1. The highest BCUT2D eigenvalue weighted by molar-refractivity contribution is 5.96. The summed E-state index contributed by atoms with van der Waals surface area (Å²) in [5.74, 6) is 0.529. The van der Waals surface area contributed by atoms with Crippen LogP contribution >= 0.6 is 0 Å². The lowest BCUT2D eigenvalue weighted by Gasteiger charge is -2.11. The largest absolute Gasteiger partial charge is 0.494 e. The van der Waals surface area contributed by atoms with E-state index in [-0.39, 0.29) is 18.4 Å². The lowest BCUT2D eigenvalue weighted by atomic mass is 10.2. The molecule has 3 N–H and O–H groups in total. The topological polar surface area (TPSA) is 79.5 Å². The minimum atomic E-state index is -0.163. The maximum absolute atomic E-state index is 12.2. The Labute approximate surface area is 179 Å². The van der Waals surface area contributed by atoms with Crippen molar-refractivity contribution in [2.75, 3.05) is 30.3 Å². The number of carbonyl (C=O) groups excluding carboxylic acids is 2. The van der Waals surface area contributed by atoms with Gasteiger partial charge in [-0.1, -0.05) is 39.2 Å². The Morgan fingerprint density at radius 3 is 2.43 bits per heavy atom. The van der Waals surface area contributed by atoms with Crippen molar-refractivity contribution in [2.24, 2.45) is 0 Å². The summed E-state index contributed by atoms with van der Waals surface area (Å²) in [6, 6.07) is 14.5. The number of unbranched alkanes of at least 4 members (excludes halogenated alkanes) is 3. The Bertz CT molecular complexity index is 791. The summed E-state index contributed by atoms with van der Waals surface area (Å²) in [6.45, 7) is 5.68. The summed E-state index contributed by atoms with van der Waals surface area (Å²) in [7, 11) is 0. The van der Waals surface area contributed by atoms with Crippen LogP contribution in [0.15, 0.2) is 48.5 Å². The number of anilines is 2. The van der Waals surface area contributed by atoms with Gasteiger partial charge in [-0.05, 0) is 49.2 Å². The molecule has 0 saturated heterocycles. The number of nitrogens with one attached hydrogen (secondary N) is 3. The second kappa shape index (κ2) is 13.2. The van der Waals surface area contributed by atoms with Crippen LogP contribution in [0.3, 0.4) is 0 Å². The van der Waals surface area contributed by atoms with E-state index >= 15 is 0 Å². The molecule has 30 heavy (non-hydrogen) atoms. The van der Waals surface area contributed by atoms with E-state index in [0.29, 0.717) is 24.4 Å². The van der Waals surface area contributed by atoms with E-state index in [2.05, 4.69) is 22.9 Å². The number of amides is 2. The highest BCUT2D eigenvalue weighted by Crippen LogP contribution is 2.18. The van der Waals surface area contributed by atoms with E-state index in [1.54, 1.807) is 24.3 Å². The molecule has 2 aromatic carbocycles. The van der Waals surface area contributed by atoms with Crippen LogP contribution in [0.25, 0.3) is 0 Å². The molecule has 0 saturated carbocycles. The number of ether oxygens (including phenoxy) is 1. The van der Waals surface area contributed by atoms with Crippen LogP contribution in [-0.2, 0) is 4.79 Å². The van der Waals surface area contributed by atoms with Crippen LogP contribution in [0.2, 0.25) is 0 Å². The molecule has 0 bridgehead atoms. The van der Waals surface area contributed by atoms with E-state index in [1.165, 1.54) is 19.3 Å². The maximum Gasteiger partial charge on any atom is 0.251 e. The maximum atomic E-state index is 12.2. The molecule has 0 unspecified atom stereocenters. The van der Waals surface area contributed by atoms with Gasteiger partial charge >= 0.3 is 0 Å².